The summed E-state index contributed by atoms with van der Waals surface area (Å²) in [5.41, 5.74) is 0.505. The van der Waals surface area contributed by atoms with Crippen molar-refractivity contribution in [2.24, 2.45) is 0 Å². The minimum Gasteiger partial charge on any atom is -0.465 e. The smallest absolute Gasteiger partial charge is 0.411 e. The SMILES string of the molecule is CCCCCCN(C(=O)O)c1ccc(S(=O)(=O)NC2CCCCC2)cc1. The highest BCUT2D eigenvalue weighted by atomic mass is 32.2. The van der Waals surface area contributed by atoms with Crippen molar-refractivity contribution in [3.8, 4) is 0 Å². The second kappa shape index (κ2) is 9.92. The molecular formula is C19H30N2O4S. The second-order valence-electron chi connectivity index (χ2n) is 6.94. The van der Waals surface area contributed by atoms with Gasteiger partial charge in [-0.25, -0.2) is 17.9 Å². The summed E-state index contributed by atoms with van der Waals surface area (Å²) in [6.45, 7) is 2.53. The number of benzene rings is 1. The van der Waals surface area contributed by atoms with E-state index in [4.69, 9.17) is 0 Å². The van der Waals surface area contributed by atoms with Crippen LogP contribution in [0.15, 0.2) is 29.2 Å². The first kappa shape index (κ1) is 20.7. The fourth-order valence-electron chi connectivity index (χ4n) is 3.35. The minimum atomic E-state index is -3.56. The average molecular weight is 383 g/mol. The topological polar surface area (TPSA) is 86.7 Å². The molecule has 0 bridgehead atoms. The van der Waals surface area contributed by atoms with Gasteiger partial charge in [0.05, 0.1) is 4.90 Å². The van der Waals surface area contributed by atoms with Gasteiger partial charge in [0, 0.05) is 18.3 Å². The van der Waals surface area contributed by atoms with Crippen molar-refractivity contribution in [1.82, 2.24) is 4.72 Å². The Morgan fingerprint density at radius 2 is 1.77 bits per heavy atom. The summed E-state index contributed by atoms with van der Waals surface area (Å²) in [7, 11) is -3.56. The summed E-state index contributed by atoms with van der Waals surface area (Å²) in [4.78, 5) is 13.0. The van der Waals surface area contributed by atoms with Crippen molar-refractivity contribution >= 4 is 21.8 Å². The molecule has 6 nitrogen and oxygen atoms in total. The Bertz CT molecular complexity index is 667. The van der Waals surface area contributed by atoms with Crippen molar-refractivity contribution in [2.75, 3.05) is 11.4 Å². The number of nitrogens with one attached hydrogen (secondary N) is 1. The largest absolute Gasteiger partial charge is 0.465 e. The molecule has 0 aromatic heterocycles. The first-order valence-corrected chi connectivity index (χ1v) is 11.0. The zero-order valence-electron chi connectivity index (χ0n) is 15.5. The van der Waals surface area contributed by atoms with E-state index in [1.807, 2.05) is 0 Å². The van der Waals surface area contributed by atoms with Crippen molar-refractivity contribution in [3.05, 3.63) is 24.3 Å². The highest BCUT2D eigenvalue weighted by molar-refractivity contribution is 7.89. The number of hydrogen-bond donors (Lipinski definition) is 2. The number of nitrogens with zero attached hydrogens (tertiary/aromatic N) is 1. The Kier molecular flexibility index (Phi) is 7.90. The molecule has 26 heavy (non-hydrogen) atoms. The van der Waals surface area contributed by atoms with E-state index in [2.05, 4.69) is 11.6 Å². The van der Waals surface area contributed by atoms with E-state index >= 15 is 0 Å². The Balaban J connectivity index is 2.03. The molecule has 1 saturated carbocycles. The minimum absolute atomic E-state index is 0.00232. The van der Waals surface area contributed by atoms with Gasteiger partial charge < -0.3 is 5.11 Å². The molecule has 2 rings (SSSR count). The molecule has 2 N–H and O–H groups in total. The van der Waals surface area contributed by atoms with Crippen LogP contribution in [0.1, 0.15) is 64.7 Å². The van der Waals surface area contributed by atoms with E-state index in [0.29, 0.717) is 12.2 Å². The van der Waals surface area contributed by atoms with E-state index in [0.717, 1.165) is 57.8 Å². The number of sulfonamides is 1. The lowest BCUT2D eigenvalue weighted by Gasteiger charge is -2.23. The van der Waals surface area contributed by atoms with Crippen molar-refractivity contribution < 1.29 is 18.3 Å². The Morgan fingerprint density at radius 3 is 2.35 bits per heavy atom. The van der Waals surface area contributed by atoms with Crippen LogP contribution < -0.4 is 9.62 Å². The molecule has 146 valence electrons. The Morgan fingerprint density at radius 1 is 1.12 bits per heavy atom. The van der Waals surface area contributed by atoms with Gasteiger partial charge >= 0.3 is 6.09 Å². The first-order chi connectivity index (χ1) is 12.4. The van der Waals surface area contributed by atoms with E-state index in [-0.39, 0.29) is 10.9 Å². The van der Waals surface area contributed by atoms with Gasteiger partial charge in [-0.1, -0.05) is 45.4 Å². The highest BCUT2D eigenvalue weighted by Crippen LogP contribution is 2.22. The molecule has 0 radical (unpaired) electrons. The van der Waals surface area contributed by atoms with Crippen LogP contribution in [0, 0.1) is 0 Å². The van der Waals surface area contributed by atoms with Crippen molar-refractivity contribution in [2.45, 2.75) is 75.6 Å². The van der Waals surface area contributed by atoms with Crippen molar-refractivity contribution in [3.63, 3.8) is 0 Å². The van der Waals surface area contributed by atoms with E-state index in [1.54, 1.807) is 12.1 Å². The van der Waals surface area contributed by atoms with Gasteiger partial charge in [0.2, 0.25) is 10.0 Å². The number of carboxylic acid groups (broad SMARTS) is 1. The van der Waals surface area contributed by atoms with Gasteiger partial charge in [-0.3, -0.25) is 4.90 Å². The zero-order valence-corrected chi connectivity index (χ0v) is 16.3. The van der Waals surface area contributed by atoms with E-state index < -0.39 is 16.1 Å². The van der Waals surface area contributed by atoms with Gasteiger partial charge in [-0.15, -0.1) is 0 Å². The predicted molar refractivity (Wildman–Crippen MR) is 103 cm³/mol. The molecule has 1 aromatic rings. The molecule has 1 aliphatic rings. The van der Waals surface area contributed by atoms with E-state index in [1.165, 1.54) is 17.0 Å². The second-order valence-corrected chi connectivity index (χ2v) is 8.66. The third-order valence-corrected chi connectivity index (χ3v) is 6.39. The quantitative estimate of drug-likeness (QED) is 0.621. The molecule has 0 saturated heterocycles. The monoisotopic (exact) mass is 382 g/mol. The fraction of sp³-hybridized carbons (Fsp3) is 0.632. The number of rotatable bonds is 9. The predicted octanol–water partition coefficient (Wildman–Crippen LogP) is 4.36. The standard InChI is InChI=1S/C19H30N2O4S/c1-2-3-4-8-15-21(19(22)23)17-11-13-18(14-12-17)26(24,25)20-16-9-6-5-7-10-16/h11-14,16,20H,2-10,15H2,1H3,(H,22,23). The summed E-state index contributed by atoms with van der Waals surface area (Å²) in [6.07, 6.45) is 7.96. The van der Waals surface area contributed by atoms with Crippen LogP contribution in [0.4, 0.5) is 10.5 Å². The first-order valence-electron chi connectivity index (χ1n) is 9.57. The molecule has 0 atom stereocenters. The number of unbranched alkanes of at least 4 members (excludes halogenated alkanes) is 3. The van der Waals surface area contributed by atoms with Crippen LogP contribution in [0.5, 0.6) is 0 Å². The zero-order chi connectivity index (χ0) is 19.0. The number of amides is 1. The number of hydrogen-bond acceptors (Lipinski definition) is 3. The molecule has 7 heteroatoms. The summed E-state index contributed by atoms with van der Waals surface area (Å²) in [5, 5.41) is 9.42. The third kappa shape index (κ3) is 5.99. The summed E-state index contributed by atoms with van der Waals surface area (Å²) in [6, 6.07) is 6.13. The van der Waals surface area contributed by atoms with Gasteiger partial charge in [-0.2, -0.15) is 0 Å². The van der Waals surface area contributed by atoms with Crippen LogP contribution in [0.3, 0.4) is 0 Å². The highest BCUT2D eigenvalue weighted by Gasteiger charge is 2.22. The number of anilines is 1. The normalized spacial score (nSPS) is 15.7. The van der Waals surface area contributed by atoms with Gasteiger partial charge in [0.15, 0.2) is 0 Å². The fourth-order valence-corrected chi connectivity index (χ4v) is 4.65. The Labute approximate surface area is 156 Å². The van der Waals surface area contributed by atoms with Crippen LogP contribution in [0.25, 0.3) is 0 Å². The molecule has 0 aliphatic heterocycles. The van der Waals surface area contributed by atoms with Gasteiger partial charge in [-0.05, 0) is 43.5 Å². The van der Waals surface area contributed by atoms with E-state index in [9.17, 15) is 18.3 Å². The molecule has 1 fully saturated rings. The Hall–Kier alpha value is -1.60. The van der Waals surface area contributed by atoms with Gasteiger partial charge in [0.25, 0.3) is 0 Å². The molecule has 1 aromatic carbocycles. The lowest BCUT2D eigenvalue weighted by atomic mass is 9.96. The molecule has 1 aliphatic carbocycles. The lowest BCUT2D eigenvalue weighted by Crippen LogP contribution is -2.36. The summed E-state index contributed by atoms with van der Waals surface area (Å²) < 4.78 is 27.8. The molecule has 0 spiro atoms. The summed E-state index contributed by atoms with van der Waals surface area (Å²) >= 11 is 0. The summed E-state index contributed by atoms with van der Waals surface area (Å²) in [5.74, 6) is 0. The third-order valence-electron chi connectivity index (χ3n) is 4.85. The maximum Gasteiger partial charge on any atom is 0.411 e. The number of carbonyl (C=O) groups is 1. The lowest BCUT2D eigenvalue weighted by molar-refractivity contribution is 0.201. The van der Waals surface area contributed by atoms with Gasteiger partial charge in [0.1, 0.15) is 0 Å². The molecule has 1 amide bonds. The van der Waals surface area contributed by atoms with Crippen LogP contribution in [-0.2, 0) is 10.0 Å². The van der Waals surface area contributed by atoms with Crippen LogP contribution >= 0.6 is 0 Å². The van der Waals surface area contributed by atoms with Crippen LogP contribution in [0.2, 0.25) is 0 Å². The maximum atomic E-state index is 12.5. The van der Waals surface area contributed by atoms with Crippen LogP contribution in [-0.4, -0.2) is 32.2 Å². The average Bonchev–Trinajstić information content (AvgIpc) is 2.62. The molecule has 0 unspecified atom stereocenters. The maximum absolute atomic E-state index is 12.5. The molecule has 0 heterocycles. The van der Waals surface area contributed by atoms with Crippen molar-refractivity contribution in [1.29, 1.82) is 0 Å². The molecular weight excluding hydrogens is 352 g/mol.